The monoisotopic (exact) mass is 1440 g/mol. The van der Waals surface area contributed by atoms with Crippen molar-refractivity contribution in [2.75, 3.05) is 39.6 Å². The van der Waals surface area contributed by atoms with Gasteiger partial charge in [0.25, 0.3) is 0 Å². The van der Waals surface area contributed by atoms with Crippen molar-refractivity contribution in [3.63, 3.8) is 0 Å². The van der Waals surface area contributed by atoms with Crippen LogP contribution in [0.1, 0.15) is 420 Å². The van der Waals surface area contributed by atoms with Gasteiger partial charge in [-0.05, 0) is 31.6 Å². The first-order valence-corrected chi connectivity index (χ1v) is 44.1. The lowest BCUT2D eigenvalue weighted by Crippen LogP contribution is -2.30. The van der Waals surface area contributed by atoms with E-state index in [0.29, 0.717) is 25.7 Å². The third kappa shape index (κ3) is 72.4. The van der Waals surface area contributed by atoms with E-state index in [1.54, 1.807) is 0 Å². The van der Waals surface area contributed by atoms with Crippen LogP contribution in [-0.2, 0) is 65.4 Å². The van der Waals surface area contributed by atoms with Crippen molar-refractivity contribution in [2.45, 2.75) is 438 Å². The molecule has 0 aliphatic carbocycles. The van der Waals surface area contributed by atoms with Gasteiger partial charge in [-0.1, -0.05) is 369 Å². The molecule has 0 radical (unpaired) electrons. The summed E-state index contributed by atoms with van der Waals surface area (Å²) in [6.45, 7) is 7.27. The molecular weight excluding hydrogens is 1280 g/mol. The minimum Gasteiger partial charge on any atom is -0.462 e. The molecule has 0 aromatic heterocycles. The van der Waals surface area contributed by atoms with Gasteiger partial charge in [-0.25, -0.2) is 9.13 Å². The second kappa shape index (κ2) is 72.0. The second-order valence-corrected chi connectivity index (χ2v) is 31.8. The fraction of sp³-hybridized carbons (Fsp3) is 0.949. The Bertz CT molecular complexity index is 1870. The molecule has 5 atom stereocenters. The lowest BCUT2D eigenvalue weighted by atomic mass is 10.0. The molecule has 582 valence electrons. The highest BCUT2D eigenvalue weighted by Crippen LogP contribution is 2.45. The Kier molecular flexibility index (Phi) is 70.6. The van der Waals surface area contributed by atoms with E-state index in [9.17, 15) is 43.2 Å². The number of aliphatic hydroxyl groups excluding tert-OH is 1. The molecule has 98 heavy (non-hydrogen) atoms. The summed E-state index contributed by atoms with van der Waals surface area (Å²) in [4.78, 5) is 72.6. The van der Waals surface area contributed by atoms with Crippen LogP contribution in [0.4, 0.5) is 0 Å². The fourth-order valence-electron chi connectivity index (χ4n) is 12.2. The van der Waals surface area contributed by atoms with E-state index in [1.165, 1.54) is 238 Å². The predicted octanol–water partition coefficient (Wildman–Crippen LogP) is 23.6. The highest BCUT2D eigenvalue weighted by Gasteiger charge is 2.30. The topological polar surface area (TPSA) is 237 Å². The van der Waals surface area contributed by atoms with Crippen LogP contribution in [0.25, 0.3) is 0 Å². The highest BCUT2D eigenvalue weighted by atomic mass is 31.2. The quantitative estimate of drug-likeness (QED) is 0.0222. The van der Waals surface area contributed by atoms with E-state index in [4.69, 9.17) is 37.0 Å². The number of esters is 4. The Hall–Kier alpha value is -1.94. The van der Waals surface area contributed by atoms with Gasteiger partial charge in [-0.3, -0.25) is 37.3 Å². The van der Waals surface area contributed by atoms with Gasteiger partial charge in [-0.15, -0.1) is 0 Å². The molecule has 0 aliphatic rings. The zero-order valence-corrected chi connectivity index (χ0v) is 65.7. The average molecular weight is 1440 g/mol. The average Bonchev–Trinajstić information content (AvgIpc) is 1.03. The lowest BCUT2D eigenvalue weighted by molar-refractivity contribution is -0.161. The van der Waals surface area contributed by atoms with Crippen LogP contribution in [0, 0.1) is 5.92 Å². The molecule has 3 N–H and O–H groups in total. The van der Waals surface area contributed by atoms with Crippen molar-refractivity contribution in [2.24, 2.45) is 5.92 Å². The normalized spacial score (nSPS) is 13.9. The maximum absolute atomic E-state index is 13.1. The van der Waals surface area contributed by atoms with Crippen LogP contribution in [0.5, 0.6) is 0 Å². The summed E-state index contributed by atoms with van der Waals surface area (Å²) in [6, 6.07) is 0. The maximum Gasteiger partial charge on any atom is 0.472 e. The van der Waals surface area contributed by atoms with Crippen LogP contribution in [0.3, 0.4) is 0 Å². The van der Waals surface area contributed by atoms with Crippen LogP contribution in [-0.4, -0.2) is 96.7 Å². The largest absolute Gasteiger partial charge is 0.472 e. The summed E-state index contributed by atoms with van der Waals surface area (Å²) in [5.41, 5.74) is 0. The minimum atomic E-state index is -4.96. The summed E-state index contributed by atoms with van der Waals surface area (Å²) in [7, 11) is -9.90. The van der Waals surface area contributed by atoms with Crippen molar-refractivity contribution < 1.29 is 80.2 Å². The first-order chi connectivity index (χ1) is 47.5. The number of hydrogen-bond acceptors (Lipinski definition) is 15. The number of hydrogen-bond donors (Lipinski definition) is 3. The van der Waals surface area contributed by atoms with Crippen molar-refractivity contribution in [1.82, 2.24) is 0 Å². The maximum atomic E-state index is 13.1. The molecule has 0 heterocycles. The fourth-order valence-corrected chi connectivity index (χ4v) is 13.8. The second-order valence-electron chi connectivity index (χ2n) is 28.9. The number of aliphatic hydroxyl groups is 1. The van der Waals surface area contributed by atoms with E-state index in [2.05, 4.69) is 34.6 Å². The number of phosphoric ester groups is 2. The summed E-state index contributed by atoms with van der Waals surface area (Å²) >= 11 is 0. The number of carbonyl (C=O) groups excluding carboxylic acids is 4. The molecular formula is C79H154O17P2. The number of rotatable bonds is 79. The van der Waals surface area contributed by atoms with Crippen molar-refractivity contribution >= 4 is 39.5 Å². The number of unbranched alkanes of at least 4 members (excludes halogenated alkanes) is 51. The van der Waals surface area contributed by atoms with Gasteiger partial charge in [0.15, 0.2) is 12.2 Å². The van der Waals surface area contributed by atoms with E-state index < -0.39 is 97.5 Å². The summed E-state index contributed by atoms with van der Waals surface area (Å²) in [5.74, 6) is -1.30. The third-order valence-corrected chi connectivity index (χ3v) is 20.4. The predicted molar refractivity (Wildman–Crippen MR) is 400 cm³/mol. The SMILES string of the molecule is CCCCCCCCCCCCCCCCCCCCC(=O)OC[C@H](COP(=O)(O)OC[C@@H](O)COP(=O)(O)OC[C@@H](COC(=O)CCCCCCC)OC(=O)CCCCCCCCCCCCCCCC)OC(=O)CCCCCCCCCCCCCCCCCCCCC(C)C. The summed E-state index contributed by atoms with van der Waals surface area (Å²) in [6.07, 6.45) is 62.9. The Morgan fingerprint density at radius 3 is 0.694 bits per heavy atom. The summed E-state index contributed by atoms with van der Waals surface area (Å²) < 4.78 is 68.4. The molecule has 0 aromatic rings. The molecule has 19 heteroatoms. The van der Waals surface area contributed by atoms with E-state index >= 15 is 0 Å². The molecule has 17 nitrogen and oxygen atoms in total. The van der Waals surface area contributed by atoms with Crippen molar-refractivity contribution in [1.29, 1.82) is 0 Å². The molecule has 0 bridgehead atoms. The standard InChI is InChI=1S/C79H154O17P2/c1-6-9-12-15-17-19-21-23-25-26-30-33-37-40-44-48-53-58-63-77(82)90-69-75(96-79(84)65-60-55-50-46-42-38-34-31-28-27-29-32-35-39-43-47-52-56-61-72(4)5)71-94-98(87,88)92-67-73(80)66-91-97(85,86)93-70-74(68-89-76(81)62-57-51-14-11-8-3)95-78(83)64-59-54-49-45-41-36-24-22-20-18-16-13-10-7-2/h72-75,80H,6-71H2,1-5H3,(H,85,86)(H,87,88)/t73-,74+,75+/m0/s1. The van der Waals surface area contributed by atoms with Crippen LogP contribution < -0.4 is 0 Å². The molecule has 0 saturated heterocycles. The van der Waals surface area contributed by atoms with Gasteiger partial charge >= 0.3 is 39.5 Å². The molecule has 0 aromatic carbocycles. The Morgan fingerprint density at radius 1 is 0.276 bits per heavy atom. The minimum absolute atomic E-state index is 0.107. The first kappa shape index (κ1) is 96.1. The van der Waals surface area contributed by atoms with Gasteiger partial charge in [-0.2, -0.15) is 0 Å². The molecule has 0 rings (SSSR count). The molecule has 0 amide bonds. The number of carbonyl (C=O) groups is 4. The smallest absolute Gasteiger partial charge is 0.462 e. The Balaban J connectivity index is 5.12. The molecule has 2 unspecified atom stereocenters. The molecule has 0 fully saturated rings. The summed E-state index contributed by atoms with van der Waals surface area (Å²) in [5, 5.41) is 10.6. The van der Waals surface area contributed by atoms with Crippen molar-refractivity contribution in [3.05, 3.63) is 0 Å². The van der Waals surface area contributed by atoms with E-state index in [1.807, 2.05) is 0 Å². The zero-order valence-electron chi connectivity index (χ0n) is 63.9. The van der Waals surface area contributed by atoms with Gasteiger partial charge in [0, 0.05) is 25.7 Å². The van der Waals surface area contributed by atoms with Crippen LogP contribution in [0.2, 0.25) is 0 Å². The van der Waals surface area contributed by atoms with Gasteiger partial charge < -0.3 is 33.8 Å². The van der Waals surface area contributed by atoms with Gasteiger partial charge in [0.05, 0.1) is 26.4 Å². The van der Waals surface area contributed by atoms with Crippen LogP contribution in [0.15, 0.2) is 0 Å². The van der Waals surface area contributed by atoms with E-state index in [-0.39, 0.29) is 25.7 Å². The highest BCUT2D eigenvalue weighted by molar-refractivity contribution is 7.47. The lowest BCUT2D eigenvalue weighted by Gasteiger charge is -2.21. The number of ether oxygens (including phenoxy) is 4. The van der Waals surface area contributed by atoms with Gasteiger partial charge in [0.1, 0.15) is 19.3 Å². The molecule has 0 saturated carbocycles. The Labute approximate surface area is 600 Å². The Morgan fingerprint density at radius 2 is 0.469 bits per heavy atom. The molecule has 0 spiro atoms. The van der Waals surface area contributed by atoms with Crippen molar-refractivity contribution in [3.8, 4) is 0 Å². The first-order valence-electron chi connectivity index (χ1n) is 41.1. The third-order valence-electron chi connectivity index (χ3n) is 18.5. The zero-order chi connectivity index (χ0) is 71.9. The molecule has 0 aliphatic heterocycles. The van der Waals surface area contributed by atoms with Gasteiger partial charge in [0.2, 0.25) is 0 Å². The van der Waals surface area contributed by atoms with Crippen LogP contribution >= 0.6 is 15.6 Å². The van der Waals surface area contributed by atoms with E-state index in [0.717, 1.165) is 102 Å². The number of phosphoric acid groups is 2.